The summed E-state index contributed by atoms with van der Waals surface area (Å²) in [6.45, 7) is 3.04. The van der Waals surface area contributed by atoms with Gasteiger partial charge in [0.2, 0.25) is 0 Å². The van der Waals surface area contributed by atoms with Crippen molar-refractivity contribution < 1.29 is 9.47 Å². The third-order valence-electron chi connectivity index (χ3n) is 2.80. The van der Waals surface area contributed by atoms with Gasteiger partial charge >= 0.3 is 0 Å². The summed E-state index contributed by atoms with van der Waals surface area (Å²) in [5, 5.41) is 9.79. The van der Waals surface area contributed by atoms with Crippen LogP contribution in [0, 0.1) is 18.3 Å². The van der Waals surface area contributed by atoms with Crippen molar-refractivity contribution in [2.45, 2.75) is 16.8 Å². The Balaban J connectivity index is 1.88. The van der Waals surface area contributed by atoms with Gasteiger partial charge < -0.3 is 9.47 Å². The van der Waals surface area contributed by atoms with Gasteiger partial charge in [-0.3, -0.25) is 0 Å². The van der Waals surface area contributed by atoms with Gasteiger partial charge in [0, 0.05) is 10.6 Å². The second-order valence-corrected chi connectivity index (χ2v) is 5.45. The number of pyridine rings is 1. The zero-order chi connectivity index (χ0) is 13.9. The lowest BCUT2D eigenvalue weighted by Gasteiger charge is -2.18. The molecule has 5 heteroatoms. The Morgan fingerprint density at radius 2 is 1.95 bits per heavy atom. The van der Waals surface area contributed by atoms with E-state index < -0.39 is 0 Å². The maximum Gasteiger partial charge on any atom is 0.162 e. The van der Waals surface area contributed by atoms with Gasteiger partial charge in [-0.1, -0.05) is 11.8 Å². The molecular formula is C15H12N2O2S. The smallest absolute Gasteiger partial charge is 0.162 e. The first-order chi connectivity index (χ1) is 9.74. The lowest BCUT2D eigenvalue weighted by Crippen LogP contribution is -2.15. The highest BCUT2D eigenvalue weighted by Gasteiger charge is 2.12. The highest BCUT2D eigenvalue weighted by Crippen LogP contribution is 2.36. The van der Waals surface area contributed by atoms with Crippen LogP contribution >= 0.6 is 11.8 Å². The van der Waals surface area contributed by atoms with E-state index in [4.69, 9.17) is 14.7 Å². The van der Waals surface area contributed by atoms with Gasteiger partial charge in [0.05, 0.1) is 11.6 Å². The molecule has 1 aliphatic rings. The monoisotopic (exact) mass is 284 g/mol. The Labute approximate surface area is 121 Å². The summed E-state index contributed by atoms with van der Waals surface area (Å²) < 4.78 is 11.1. The maximum atomic E-state index is 8.99. The van der Waals surface area contributed by atoms with Gasteiger partial charge in [0.25, 0.3) is 0 Å². The van der Waals surface area contributed by atoms with E-state index in [1.807, 2.05) is 25.1 Å². The van der Waals surface area contributed by atoms with Crippen LogP contribution in [0.4, 0.5) is 0 Å². The molecule has 0 fully saturated rings. The molecule has 1 aliphatic heterocycles. The molecule has 0 radical (unpaired) electrons. The van der Waals surface area contributed by atoms with Crippen LogP contribution in [0.25, 0.3) is 0 Å². The number of ether oxygens (including phenoxy) is 2. The van der Waals surface area contributed by atoms with Crippen LogP contribution in [0.3, 0.4) is 0 Å². The first kappa shape index (κ1) is 12.8. The van der Waals surface area contributed by atoms with Gasteiger partial charge in [0.1, 0.15) is 18.2 Å². The molecule has 0 unspecified atom stereocenters. The molecule has 0 atom stereocenters. The van der Waals surface area contributed by atoms with Crippen LogP contribution in [0.1, 0.15) is 11.3 Å². The number of benzene rings is 1. The van der Waals surface area contributed by atoms with Crippen molar-refractivity contribution >= 4 is 11.8 Å². The average molecular weight is 284 g/mol. The number of hydrogen-bond donors (Lipinski definition) is 0. The molecule has 1 aromatic heterocycles. The highest BCUT2D eigenvalue weighted by molar-refractivity contribution is 7.99. The van der Waals surface area contributed by atoms with Gasteiger partial charge in [-0.05, 0) is 37.3 Å². The van der Waals surface area contributed by atoms with Crippen LogP contribution in [0.2, 0.25) is 0 Å². The number of aryl methyl sites for hydroxylation is 1. The molecule has 1 aromatic carbocycles. The quantitative estimate of drug-likeness (QED) is 0.847. The van der Waals surface area contributed by atoms with E-state index in [1.165, 1.54) is 11.8 Å². The van der Waals surface area contributed by atoms with Crippen molar-refractivity contribution in [3.8, 4) is 17.6 Å². The van der Waals surface area contributed by atoms with Gasteiger partial charge in [-0.25, -0.2) is 4.98 Å². The van der Waals surface area contributed by atoms with Crippen molar-refractivity contribution in [1.82, 2.24) is 4.98 Å². The summed E-state index contributed by atoms with van der Waals surface area (Å²) in [6, 6.07) is 11.5. The first-order valence-corrected chi connectivity index (χ1v) is 7.02. The molecular weight excluding hydrogens is 272 g/mol. The minimum atomic E-state index is 0.572. The van der Waals surface area contributed by atoms with Crippen LogP contribution < -0.4 is 9.47 Å². The summed E-state index contributed by atoms with van der Waals surface area (Å²) >= 11 is 1.51. The Morgan fingerprint density at radius 1 is 1.15 bits per heavy atom. The fourth-order valence-electron chi connectivity index (χ4n) is 1.96. The largest absolute Gasteiger partial charge is 0.486 e. The van der Waals surface area contributed by atoms with Crippen LogP contribution in [0.5, 0.6) is 11.5 Å². The molecule has 0 N–H and O–H groups in total. The topological polar surface area (TPSA) is 55.1 Å². The number of hydrogen-bond acceptors (Lipinski definition) is 5. The Bertz CT molecular complexity index is 695. The predicted octanol–water partition coefficient (Wildman–Crippen LogP) is 3.18. The van der Waals surface area contributed by atoms with E-state index >= 15 is 0 Å². The standard InChI is InChI=1S/C15H12N2O2S/c1-10-6-11(9-16)7-15(17-10)20-12-2-3-13-14(8-12)19-5-4-18-13/h2-3,6-8H,4-5H2,1H3. The molecule has 3 rings (SSSR count). The number of rotatable bonds is 2. The van der Waals surface area contributed by atoms with Crippen molar-refractivity contribution in [2.24, 2.45) is 0 Å². The zero-order valence-electron chi connectivity index (χ0n) is 10.9. The summed E-state index contributed by atoms with van der Waals surface area (Å²) in [5.74, 6) is 1.53. The summed E-state index contributed by atoms with van der Waals surface area (Å²) in [5.41, 5.74) is 1.46. The molecule has 20 heavy (non-hydrogen) atoms. The van der Waals surface area contributed by atoms with E-state index in [-0.39, 0.29) is 0 Å². The van der Waals surface area contributed by atoms with Crippen molar-refractivity contribution in [2.75, 3.05) is 13.2 Å². The highest BCUT2D eigenvalue weighted by atomic mass is 32.2. The number of fused-ring (bicyclic) bond motifs is 1. The summed E-state index contributed by atoms with van der Waals surface area (Å²) in [6.07, 6.45) is 0. The molecule has 0 bridgehead atoms. The fraction of sp³-hybridized carbons (Fsp3) is 0.200. The van der Waals surface area contributed by atoms with Gasteiger partial charge in [-0.15, -0.1) is 0 Å². The lowest BCUT2D eigenvalue weighted by molar-refractivity contribution is 0.171. The average Bonchev–Trinajstić information content (AvgIpc) is 2.46. The molecule has 2 heterocycles. The van der Waals surface area contributed by atoms with Crippen LogP contribution in [0.15, 0.2) is 40.3 Å². The van der Waals surface area contributed by atoms with Crippen molar-refractivity contribution in [3.63, 3.8) is 0 Å². The number of nitriles is 1. The van der Waals surface area contributed by atoms with E-state index in [9.17, 15) is 0 Å². The Kier molecular flexibility index (Phi) is 3.48. The SMILES string of the molecule is Cc1cc(C#N)cc(Sc2ccc3c(c2)OCCO3)n1. The molecule has 4 nitrogen and oxygen atoms in total. The van der Waals surface area contributed by atoms with E-state index in [0.717, 1.165) is 27.1 Å². The van der Waals surface area contributed by atoms with E-state index in [0.29, 0.717) is 18.8 Å². The Hall–Kier alpha value is -2.19. The first-order valence-electron chi connectivity index (χ1n) is 6.21. The van der Waals surface area contributed by atoms with E-state index in [1.54, 1.807) is 12.1 Å². The fourth-order valence-corrected chi connectivity index (χ4v) is 2.88. The van der Waals surface area contributed by atoms with Crippen molar-refractivity contribution in [3.05, 3.63) is 41.6 Å². The van der Waals surface area contributed by atoms with Crippen LogP contribution in [-0.4, -0.2) is 18.2 Å². The normalized spacial score (nSPS) is 12.8. The predicted molar refractivity (Wildman–Crippen MR) is 75.2 cm³/mol. The van der Waals surface area contributed by atoms with Gasteiger partial charge in [0.15, 0.2) is 11.5 Å². The third-order valence-corrected chi connectivity index (χ3v) is 3.70. The van der Waals surface area contributed by atoms with Crippen LogP contribution in [-0.2, 0) is 0 Å². The molecule has 0 aliphatic carbocycles. The molecule has 0 saturated heterocycles. The summed E-state index contributed by atoms with van der Waals surface area (Å²) in [4.78, 5) is 5.44. The molecule has 0 saturated carbocycles. The maximum absolute atomic E-state index is 8.99. The molecule has 0 spiro atoms. The van der Waals surface area contributed by atoms with Crippen molar-refractivity contribution in [1.29, 1.82) is 5.26 Å². The van der Waals surface area contributed by atoms with E-state index in [2.05, 4.69) is 11.1 Å². The lowest BCUT2D eigenvalue weighted by atomic mass is 10.2. The minimum Gasteiger partial charge on any atom is -0.486 e. The minimum absolute atomic E-state index is 0.572. The molecule has 2 aromatic rings. The molecule has 100 valence electrons. The second kappa shape index (κ2) is 5.43. The number of nitrogens with zero attached hydrogens (tertiary/aromatic N) is 2. The van der Waals surface area contributed by atoms with Gasteiger partial charge in [-0.2, -0.15) is 5.26 Å². The molecule has 0 amide bonds. The summed E-state index contributed by atoms with van der Waals surface area (Å²) in [7, 11) is 0. The third kappa shape index (κ3) is 2.70. The number of aromatic nitrogens is 1. The second-order valence-electron chi connectivity index (χ2n) is 4.35. The Morgan fingerprint density at radius 3 is 2.75 bits per heavy atom. The zero-order valence-corrected chi connectivity index (χ0v) is 11.7.